The number of aliphatic hydroxyl groups is 1. The molecule has 0 aliphatic heterocycles. The Kier molecular flexibility index (Phi) is 6.52. The molecule has 3 rings (SSSR count). The summed E-state index contributed by atoms with van der Waals surface area (Å²) in [5.74, 6) is 3.11. The summed E-state index contributed by atoms with van der Waals surface area (Å²) in [5.41, 5.74) is 7.25. The van der Waals surface area contributed by atoms with Gasteiger partial charge in [0, 0.05) is 24.4 Å². The maximum Gasteiger partial charge on any atom is 0.139 e. The van der Waals surface area contributed by atoms with Gasteiger partial charge < -0.3 is 16.2 Å². The van der Waals surface area contributed by atoms with Gasteiger partial charge in [0.15, 0.2) is 0 Å². The first kappa shape index (κ1) is 19.2. The quantitative estimate of drug-likeness (QED) is 0.719. The highest BCUT2D eigenvalue weighted by molar-refractivity contribution is 5.70. The number of nitrogens with two attached hydrogens (primary N) is 1. The molecular formula is C21H34N4O. The first-order valence-electron chi connectivity index (χ1n) is 10.3. The molecule has 0 saturated heterocycles. The van der Waals surface area contributed by atoms with E-state index in [-0.39, 0.29) is 6.10 Å². The van der Waals surface area contributed by atoms with E-state index in [9.17, 15) is 5.11 Å². The summed E-state index contributed by atoms with van der Waals surface area (Å²) in [6.07, 6.45) is 13.0. The van der Waals surface area contributed by atoms with Crippen LogP contribution < -0.4 is 11.1 Å². The molecule has 1 atom stereocenters. The molecule has 1 heterocycles. The lowest BCUT2D eigenvalue weighted by atomic mass is 9.79. The normalized spacial score (nSPS) is 25.6. The van der Waals surface area contributed by atoms with Gasteiger partial charge >= 0.3 is 0 Å². The second-order valence-corrected chi connectivity index (χ2v) is 8.30. The Hall–Kier alpha value is -1.62. The molecule has 0 unspecified atom stereocenters. The number of nitrogens with zero attached hydrogens (tertiary/aromatic N) is 2. The average molecular weight is 359 g/mol. The Bertz CT molecular complexity index is 604. The van der Waals surface area contributed by atoms with E-state index in [1.54, 1.807) is 0 Å². The Morgan fingerprint density at radius 3 is 2.58 bits per heavy atom. The monoisotopic (exact) mass is 358 g/mol. The largest absolute Gasteiger partial charge is 0.399 e. The van der Waals surface area contributed by atoms with Crippen LogP contribution in [0.15, 0.2) is 12.8 Å². The zero-order valence-electron chi connectivity index (χ0n) is 16.1. The lowest BCUT2D eigenvalue weighted by Gasteiger charge is -2.28. The summed E-state index contributed by atoms with van der Waals surface area (Å²) in [6.45, 7) is 6.21. The molecule has 2 aliphatic rings. The molecule has 144 valence electrons. The molecule has 5 nitrogen and oxygen atoms in total. The molecule has 4 N–H and O–H groups in total. The predicted octanol–water partition coefficient (Wildman–Crippen LogP) is 3.88. The molecule has 5 heteroatoms. The van der Waals surface area contributed by atoms with Crippen molar-refractivity contribution in [2.45, 2.75) is 83.3 Å². The van der Waals surface area contributed by atoms with Crippen LogP contribution in [0.1, 0.15) is 76.1 Å². The average Bonchev–Trinajstić information content (AvgIpc) is 2.64. The summed E-state index contributed by atoms with van der Waals surface area (Å²) < 4.78 is 0. The molecule has 2 aliphatic carbocycles. The van der Waals surface area contributed by atoms with Crippen molar-refractivity contribution >= 4 is 11.5 Å². The van der Waals surface area contributed by atoms with Crippen LogP contribution in [0.5, 0.6) is 0 Å². The summed E-state index contributed by atoms with van der Waals surface area (Å²) in [4.78, 5) is 9.38. The third-order valence-corrected chi connectivity index (χ3v) is 6.18. The smallest absolute Gasteiger partial charge is 0.139 e. The van der Waals surface area contributed by atoms with Gasteiger partial charge in [0.05, 0.1) is 11.7 Å². The van der Waals surface area contributed by atoms with Crippen LogP contribution in [0.2, 0.25) is 0 Å². The fourth-order valence-electron chi connectivity index (χ4n) is 4.43. The van der Waals surface area contributed by atoms with Crippen molar-refractivity contribution < 1.29 is 5.11 Å². The standard InChI is InChI=1S/C21H34N4O/c1-14(16-6-4-3-5-7-16)12-20-23-13-19(15(2)22)21(25-20)24-17-8-10-18(26)11-9-17/h13-14,16-18,26H,2-12,22H2,1H3,(H,23,24,25)/t14-,17?,18?/m1/s1. The van der Waals surface area contributed by atoms with Crippen molar-refractivity contribution in [1.82, 2.24) is 9.97 Å². The van der Waals surface area contributed by atoms with Crippen molar-refractivity contribution in [2.75, 3.05) is 5.32 Å². The zero-order valence-corrected chi connectivity index (χ0v) is 16.1. The Morgan fingerprint density at radius 2 is 1.92 bits per heavy atom. The Balaban J connectivity index is 1.69. The lowest BCUT2D eigenvalue weighted by molar-refractivity contribution is 0.126. The first-order valence-corrected chi connectivity index (χ1v) is 10.3. The minimum atomic E-state index is -0.158. The van der Waals surface area contributed by atoms with Gasteiger partial charge in [0.2, 0.25) is 0 Å². The predicted molar refractivity (Wildman–Crippen MR) is 107 cm³/mol. The van der Waals surface area contributed by atoms with E-state index in [1.165, 1.54) is 32.1 Å². The van der Waals surface area contributed by atoms with Crippen LogP contribution in [0, 0.1) is 11.8 Å². The highest BCUT2D eigenvalue weighted by Gasteiger charge is 2.23. The summed E-state index contributed by atoms with van der Waals surface area (Å²) in [5, 5.41) is 13.3. The SMILES string of the molecule is C=C(N)c1cnc(C[C@@H](C)C2CCCCC2)nc1NC1CCC(O)CC1. The minimum Gasteiger partial charge on any atom is -0.399 e. The number of aliphatic hydroxyl groups excluding tert-OH is 1. The maximum atomic E-state index is 9.72. The number of hydrogen-bond donors (Lipinski definition) is 3. The van der Waals surface area contributed by atoms with Gasteiger partial charge in [-0.3, -0.25) is 0 Å². The van der Waals surface area contributed by atoms with Crippen LogP contribution in [-0.2, 0) is 6.42 Å². The van der Waals surface area contributed by atoms with Crippen LogP contribution in [0.25, 0.3) is 5.70 Å². The lowest BCUT2D eigenvalue weighted by Crippen LogP contribution is -2.29. The van der Waals surface area contributed by atoms with Crippen molar-refractivity contribution in [2.24, 2.45) is 17.6 Å². The number of rotatable bonds is 6. The topological polar surface area (TPSA) is 84.1 Å². The third-order valence-electron chi connectivity index (χ3n) is 6.18. The molecule has 0 spiro atoms. The zero-order chi connectivity index (χ0) is 18.5. The van der Waals surface area contributed by atoms with Gasteiger partial charge in [-0.25, -0.2) is 9.97 Å². The van der Waals surface area contributed by atoms with E-state index in [1.807, 2.05) is 6.20 Å². The summed E-state index contributed by atoms with van der Waals surface area (Å²) >= 11 is 0. The van der Waals surface area contributed by atoms with Crippen molar-refractivity contribution in [3.8, 4) is 0 Å². The van der Waals surface area contributed by atoms with Crippen molar-refractivity contribution in [3.63, 3.8) is 0 Å². The molecule has 26 heavy (non-hydrogen) atoms. The Morgan fingerprint density at radius 1 is 1.23 bits per heavy atom. The van der Waals surface area contributed by atoms with Crippen LogP contribution in [0.3, 0.4) is 0 Å². The first-order chi connectivity index (χ1) is 12.5. The fraction of sp³-hybridized carbons (Fsp3) is 0.714. The van der Waals surface area contributed by atoms with Crippen molar-refractivity contribution in [3.05, 3.63) is 24.2 Å². The second-order valence-electron chi connectivity index (χ2n) is 8.30. The number of hydrogen-bond acceptors (Lipinski definition) is 5. The second kappa shape index (κ2) is 8.85. The molecule has 0 radical (unpaired) electrons. The highest BCUT2D eigenvalue weighted by Crippen LogP contribution is 2.32. The molecule has 0 amide bonds. The maximum absolute atomic E-state index is 9.72. The van der Waals surface area contributed by atoms with Crippen molar-refractivity contribution in [1.29, 1.82) is 0 Å². The molecule has 2 fully saturated rings. The van der Waals surface area contributed by atoms with Gasteiger partial charge in [-0.1, -0.05) is 45.6 Å². The van der Waals surface area contributed by atoms with Gasteiger partial charge in [-0.05, 0) is 37.5 Å². The molecule has 1 aromatic heterocycles. The van der Waals surface area contributed by atoms with E-state index < -0.39 is 0 Å². The van der Waals surface area contributed by atoms with Gasteiger partial charge in [-0.15, -0.1) is 0 Å². The number of anilines is 1. The van der Waals surface area contributed by atoms with Crippen LogP contribution in [-0.4, -0.2) is 27.2 Å². The van der Waals surface area contributed by atoms with E-state index in [0.717, 1.165) is 55.2 Å². The fourth-order valence-corrected chi connectivity index (χ4v) is 4.43. The van der Waals surface area contributed by atoms with Crippen LogP contribution >= 0.6 is 0 Å². The third kappa shape index (κ3) is 4.97. The minimum absolute atomic E-state index is 0.158. The van der Waals surface area contributed by atoms with E-state index >= 15 is 0 Å². The van der Waals surface area contributed by atoms with Gasteiger partial charge in [0.1, 0.15) is 11.6 Å². The summed E-state index contributed by atoms with van der Waals surface area (Å²) in [6, 6.07) is 0.329. The molecular weight excluding hydrogens is 324 g/mol. The number of aromatic nitrogens is 2. The molecule has 0 aromatic carbocycles. The van der Waals surface area contributed by atoms with E-state index in [4.69, 9.17) is 10.7 Å². The van der Waals surface area contributed by atoms with Crippen LogP contribution in [0.4, 0.5) is 5.82 Å². The Labute approximate surface area is 157 Å². The molecule has 0 bridgehead atoms. The van der Waals surface area contributed by atoms with Gasteiger partial charge in [-0.2, -0.15) is 0 Å². The van der Waals surface area contributed by atoms with E-state index in [0.29, 0.717) is 17.7 Å². The highest BCUT2D eigenvalue weighted by atomic mass is 16.3. The molecule has 2 saturated carbocycles. The molecule has 1 aromatic rings. The summed E-state index contributed by atoms with van der Waals surface area (Å²) in [7, 11) is 0. The van der Waals surface area contributed by atoms with E-state index in [2.05, 4.69) is 23.8 Å². The number of nitrogens with one attached hydrogen (secondary N) is 1. The van der Waals surface area contributed by atoms with Gasteiger partial charge in [0.25, 0.3) is 0 Å².